The Morgan fingerprint density at radius 3 is 2.77 bits per heavy atom. The maximum Gasteiger partial charge on any atom is 0.254 e. The van der Waals surface area contributed by atoms with E-state index in [1.165, 1.54) is 0 Å². The van der Waals surface area contributed by atoms with Crippen molar-refractivity contribution in [1.82, 2.24) is 15.1 Å². The van der Waals surface area contributed by atoms with E-state index in [1.807, 2.05) is 11.8 Å². The molecule has 2 unspecified atom stereocenters. The number of guanidine groups is 1. The maximum absolute atomic E-state index is 12.7. The van der Waals surface area contributed by atoms with Crippen molar-refractivity contribution >= 4 is 17.8 Å². The molecule has 0 aromatic carbocycles. The summed E-state index contributed by atoms with van der Waals surface area (Å²) in [5.41, 5.74) is -0.666. The summed E-state index contributed by atoms with van der Waals surface area (Å²) < 4.78 is 0. The number of amides is 2. The van der Waals surface area contributed by atoms with Gasteiger partial charge in [-0.3, -0.25) is 19.9 Å². The molecule has 2 fully saturated rings. The summed E-state index contributed by atoms with van der Waals surface area (Å²) in [5.74, 6) is 0.928. The molecular formula is C16H28N4O2. The van der Waals surface area contributed by atoms with Crippen molar-refractivity contribution < 1.29 is 9.59 Å². The smallest absolute Gasteiger partial charge is 0.254 e. The summed E-state index contributed by atoms with van der Waals surface area (Å²) in [4.78, 5) is 27.6. The highest BCUT2D eigenvalue weighted by Gasteiger charge is 2.46. The number of nitrogens with one attached hydrogen (secondary N) is 2. The van der Waals surface area contributed by atoms with Crippen LogP contribution in [0.15, 0.2) is 0 Å². The van der Waals surface area contributed by atoms with E-state index < -0.39 is 5.54 Å². The van der Waals surface area contributed by atoms with Gasteiger partial charge in [-0.15, -0.1) is 0 Å². The van der Waals surface area contributed by atoms with Gasteiger partial charge in [-0.2, -0.15) is 0 Å². The predicted octanol–water partition coefficient (Wildman–Crippen LogP) is 1.42. The van der Waals surface area contributed by atoms with E-state index in [9.17, 15) is 9.59 Å². The van der Waals surface area contributed by atoms with E-state index >= 15 is 0 Å². The van der Waals surface area contributed by atoms with Gasteiger partial charge in [0.1, 0.15) is 5.54 Å². The van der Waals surface area contributed by atoms with Gasteiger partial charge in [0.15, 0.2) is 5.96 Å². The summed E-state index contributed by atoms with van der Waals surface area (Å²) in [6, 6.07) is 0. The Balaban J connectivity index is 2.02. The minimum absolute atomic E-state index is 0.00820. The highest BCUT2D eigenvalue weighted by atomic mass is 16.2. The normalized spacial score (nSPS) is 29.2. The van der Waals surface area contributed by atoms with Crippen molar-refractivity contribution in [1.29, 1.82) is 5.41 Å². The molecule has 6 heteroatoms. The first-order chi connectivity index (χ1) is 10.2. The van der Waals surface area contributed by atoms with Crippen LogP contribution in [0, 0.1) is 17.2 Å². The van der Waals surface area contributed by atoms with Crippen LogP contribution in [0.25, 0.3) is 0 Å². The summed E-state index contributed by atoms with van der Waals surface area (Å²) in [6.07, 6.45) is 2.69. The molecule has 0 aromatic rings. The molecule has 0 spiro atoms. The van der Waals surface area contributed by atoms with E-state index in [2.05, 4.69) is 19.2 Å². The minimum Gasteiger partial charge on any atom is -0.343 e. The molecule has 124 valence electrons. The summed E-state index contributed by atoms with van der Waals surface area (Å²) in [7, 11) is 0. The molecule has 0 aliphatic carbocycles. The first-order valence-corrected chi connectivity index (χ1v) is 8.17. The average Bonchev–Trinajstić information content (AvgIpc) is 2.61. The van der Waals surface area contributed by atoms with Crippen molar-refractivity contribution in [2.75, 3.05) is 19.6 Å². The predicted molar refractivity (Wildman–Crippen MR) is 85.4 cm³/mol. The van der Waals surface area contributed by atoms with Gasteiger partial charge in [-0.1, -0.05) is 13.8 Å². The molecule has 2 amide bonds. The molecule has 2 heterocycles. The van der Waals surface area contributed by atoms with Gasteiger partial charge in [0.05, 0.1) is 0 Å². The highest BCUT2D eigenvalue weighted by Crippen LogP contribution is 2.27. The monoisotopic (exact) mass is 308 g/mol. The molecule has 0 radical (unpaired) electrons. The molecule has 0 saturated carbocycles. The van der Waals surface area contributed by atoms with E-state index in [0.717, 1.165) is 25.8 Å². The number of carbonyl (C=O) groups is 2. The van der Waals surface area contributed by atoms with E-state index in [1.54, 1.807) is 11.8 Å². The zero-order valence-electron chi connectivity index (χ0n) is 14.1. The topological polar surface area (TPSA) is 76.5 Å². The van der Waals surface area contributed by atoms with Gasteiger partial charge in [0, 0.05) is 26.6 Å². The fourth-order valence-electron chi connectivity index (χ4n) is 3.67. The van der Waals surface area contributed by atoms with Crippen LogP contribution in [0.2, 0.25) is 0 Å². The third-order valence-corrected chi connectivity index (χ3v) is 4.60. The first kappa shape index (κ1) is 16.8. The SMILES string of the molecule is CC(=O)N1CCCC(CN2C(=N)NC(C)(CC(C)C)C2=O)C1. The Kier molecular flexibility index (Phi) is 4.78. The number of carbonyl (C=O) groups excluding carboxylic acids is 2. The van der Waals surface area contributed by atoms with Gasteiger partial charge >= 0.3 is 0 Å². The first-order valence-electron chi connectivity index (χ1n) is 8.17. The number of nitrogens with zero attached hydrogens (tertiary/aromatic N) is 2. The van der Waals surface area contributed by atoms with Gasteiger partial charge in [-0.05, 0) is 38.0 Å². The lowest BCUT2D eigenvalue weighted by molar-refractivity contribution is -0.132. The number of hydrogen-bond donors (Lipinski definition) is 2. The number of rotatable bonds is 4. The fourth-order valence-corrected chi connectivity index (χ4v) is 3.67. The summed E-state index contributed by atoms with van der Waals surface area (Å²) in [5, 5.41) is 11.2. The van der Waals surface area contributed by atoms with Crippen LogP contribution in [0.4, 0.5) is 0 Å². The van der Waals surface area contributed by atoms with Gasteiger partial charge in [0.2, 0.25) is 5.91 Å². The van der Waals surface area contributed by atoms with E-state index in [-0.39, 0.29) is 23.7 Å². The molecule has 2 saturated heterocycles. The van der Waals surface area contributed by atoms with Crippen LogP contribution in [0.1, 0.15) is 47.0 Å². The van der Waals surface area contributed by atoms with Crippen LogP contribution < -0.4 is 5.32 Å². The lowest BCUT2D eigenvalue weighted by Gasteiger charge is -2.34. The third kappa shape index (κ3) is 3.42. The Labute approximate surface area is 132 Å². The van der Waals surface area contributed by atoms with Crippen molar-refractivity contribution in [2.45, 2.75) is 52.5 Å². The fraction of sp³-hybridized carbons (Fsp3) is 0.812. The number of hydrogen-bond acceptors (Lipinski definition) is 3. The molecular weight excluding hydrogens is 280 g/mol. The van der Waals surface area contributed by atoms with E-state index in [0.29, 0.717) is 19.0 Å². The minimum atomic E-state index is -0.666. The van der Waals surface area contributed by atoms with Crippen molar-refractivity contribution in [3.63, 3.8) is 0 Å². The van der Waals surface area contributed by atoms with Crippen LogP contribution in [-0.2, 0) is 9.59 Å². The van der Waals surface area contributed by atoms with Crippen LogP contribution in [0.3, 0.4) is 0 Å². The Morgan fingerprint density at radius 1 is 1.50 bits per heavy atom. The summed E-state index contributed by atoms with van der Waals surface area (Å²) in [6.45, 7) is 9.66. The van der Waals surface area contributed by atoms with Crippen LogP contribution >= 0.6 is 0 Å². The van der Waals surface area contributed by atoms with Crippen LogP contribution in [-0.4, -0.2) is 52.7 Å². The molecule has 2 N–H and O–H groups in total. The van der Waals surface area contributed by atoms with Crippen LogP contribution in [0.5, 0.6) is 0 Å². The Morgan fingerprint density at radius 2 is 2.18 bits per heavy atom. The van der Waals surface area contributed by atoms with Gasteiger partial charge in [0.25, 0.3) is 5.91 Å². The average molecular weight is 308 g/mol. The molecule has 6 nitrogen and oxygen atoms in total. The molecule has 2 aliphatic rings. The molecule has 0 aromatic heterocycles. The van der Waals surface area contributed by atoms with Crippen molar-refractivity contribution in [2.24, 2.45) is 11.8 Å². The van der Waals surface area contributed by atoms with Crippen molar-refractivity contribution in [3.8, 4) is 0 Å². The maximum atomic E-state index is 12.7. The number of piperidine rings is 1. The summed E-state index contributed by atoms with van der Waals surface area (Å²) >= 11 is 0. The highest BCUT2D eigenvalue weighted by molar-refractivity contribution is 6.07. The Bertz CT molecular complexity index is 477. The van der Waals surface area contributed by atoms with Gasteiger partial charge in [-0.25, -0.2) is 0 Å². The second kappa shape index (κ2) is 6.26. The largest absolute Gasteiger partial charge is 0.343 e. The lowest BCUT2D eigenvalue weighted by atomic mass is 9.90. The third-order valence-electron chi connectivity index (χ3n) is 4.60. The zero-order valence-corrected chi connectivity index (χ0v) is 14.1. The number of likely N-dealkylation sites (tertiary alicyclic amines) is 1. The lowest BCUT2D eigenvalue weighted by Crippen LogP contribution is -2.46. The Hall–Kier alpha value is -1.59. The quantitative estimate of drug-likeness (QED) is 0.824. The second-order valence-corrected chi connectivity index (χ2v) is 7.29. The molecule has 2 aliphatic heterocycles. The zero-order chi connectivity index (χ0) is 16.5. The second-order valence-electron chi connectivity index (χ2n) is 7.29. The molecule has 2 rings (SSSR count). The molecule has 22 heavy (non-hydrogen) atoms. The van der Waals surface area contributed by atoms with Gasteiger partial charge < -0.3 is 10.2 Å². The van der Waals surface area contributed by atoms with Crippen molar-refractivity contribution in [3.05, 3.63) is 0 Å². The standard InChI is InChI=1S/C16H28N4O2/c1-11(2)8-16(4)14(22)20(15(17)18-16)10-13-6-5-7-19(9-13)12(3)21/h11,13H,5-10H2,1-4H3,(H2,17,18). The molecule has 0 bridgehead atoms. The molecule has 2 atom stereocenters. The van der Waals surface area contributed by atoms with E-state index in [4.69, 9.17) is 5.41 Å².